The van der Waals surface area contributed by atoms with Gasteiger partial charge in [-0.15, -0.1) is 0 Å². The zero-order chi connectivity index (χ0) is 19.6. The van der Waals surface area contributed by atoms with Crippen LogP contribution in [-0.2, 0) is 0 Å². The molecule has 0 amide bonds. The third-order valence-electron chi connectivity index (χ3n) is 7.47. The first-order valence-corrected chi connectivity index (χ1v) is 13.0. The SMILES string of the molecule is CC(C)(CCC1[C@H]2CC/C=C\CC[C@@H]12)[Si](O)(c1ccccc1)c1ccccc1. The Morgan fingerprint density at radius 2 is 1.29 bits per heavy atom. The van der Waals surface area contributed by atoms with Crippen molar-refractivity contribution in [2.45, 2.75) is 57.4 Å². The highest BCUT2D eigenvalue weighted by Crippen LogP contribution is 2.57. The average Bonchev–Trinajstić information content (AvgIpc) is 3.36. The van der Waals surface area contributed by atoms with E-state index in [1.807, 2.05) is 12.1 Å². The summed E-state index contributed by atoms with van der Waals surface area (Å²) in [5.41, 5.74) is 0. The molecule has 2 aromatic rings. The van der Waals surface area contributed by atoms with Gasteiger partial charge >= 0.3 is 0 Å². The molecular weight excluding hydrogens is 356 g/mol. The summed E-state index contributed by atoms with van der Waals surface area (Å²) < 4.78 is 0. The van der Waals surface area contributed by atoms with Crippen LogP contribution in [-0.4, -0.2) is 13.1 Å². The van der Waals surface area contributed by atoms with Crippen LogP contribution in [0, 0.1) is 17.8 Å². The smallest absolute Gasteiger partial charge is 0.258 e. The Kier molecular flexibility index (Phi) is 5.62. The molecule has 1 unspecified atom stereocenters. The molecule has 0 heterocycles. The second-order valence-corrected chi connectivity index (χ2v) is 13.4. The Labute approximate surface area is 171 Å². The fourth-order valence-corrected chi connectivity index (χ4v) is 9.39. The first kappa shape index (κ1) is 19.7. The number of benzene rings is 2. The number of hydrogen-bond donors (Lipinski definition) is 1. The highest BCUT2D eigenvalue weighted by atomic mass is 28.4. The molecular formula is C26H34OSi. The predicted octanol–water partition coefficient (Wildman–Crippen LogP) is 5.29. The average molecular weight is 391 g/mol. The Bertz CT molecular complexity index is 740. The van der Waals surface area contributed by atoms with Crippen LogP contribution < -0.4 is 10.4 Å². The molecule has 148 valence electrons. The molecule has 1 fully saturated rings. The maximum Gasteiger partial charge on any atom is 0.258 e. The number of allylic oxidation sites excluding steroid dienone is 2. The molecule has 28 heavy (non-hydrogen) atoms. The van der Waals surface area contributed by atoms with Gasteiger partial charge in [-0.3, -0.25) is 0 Å². The third-order valence-corrected chi connectivity index (χ3v) is 12.0. The van der Waals surface area contributed by atoms with Gasteiger partial charge in [-0.25, -0.2) is 0 Å². The van der Waals surface area contributed by atoms with E-state index in [-0.39, 0.29) is 5.04 Å². The van der Waals surface area contributed by atoms with Crippen LogP contribution >= 0.6 is 0 Å². The molecule has 0 radical (unpaired) electrons. The van der Waals surface area contributed by atoms with E-state index in [0.717, 1.165) is 34.5 Å². The van der Waals surface area contributed by atoms with Crippen molar-refractivity contribution in [1.82, 2.24) is 0 Å². The molecule has 4 rings (SSSR count). The van der Waals surface area contributed by atoms with Crippen LogP contribution in [0.1, 0.15) is 52.4 Å². The molecule has 0 aromatic heterocycles. The van der Waals surface area contributed by atoms with Gasteiger partial charge in [0, 0.05) is 0 Å². The minimum atomic E-state index is -2.85. The minimum Gasteiger partial charge on any atom is -0.424 e. The summed E-state index contributed by atoms with van der Waals surface area (Å²) in [5, 5.41) is 2.17. The zero-order valence-corrected chi connectivity index (χ0v) is 18.4. The van der Waals surface area contributed by atoms with Gasteiger partial charge in [-0.05, 0) is 71.7 Å². The van der Waals surface area contributed by atoms with E-state index in [9.17, 15) is 4.80 Å². The van der Waals surface area contributed by atoms with E-state index >= 15 is 0 Å². The summed E-state index contributed by atoms with van der Waals surface area (Å²) >= 11 is 0. The van der Waals surface area contributed by atoms with Crippen molar-refractivity contribution in [3.8, 4) is 0 Å². The van der Waals surface area contributed by atoms with E-state index in [1.165, 1.54) is 32.1 Å². The van der Waals surface area contributed by atoms with Gasteiger partial charge in [0.2, 0.25) is 0 Å². The third kappa shape index (κ3) is 3.65. The lowest BCUT2D eigenvalue weighted by Gasteiger charge is -2.41. The topological polar surface area (TPSA) is 20.2 Å². The monoisotopic (exact) mass is 390 g/mol. The van der Waals surface area contributed by atoms with Crippen molar-refractivity contribution in [3.05, 3.63) is 72.8 Å². The van der Waals surface area contributed by atoms with Gasteiger partial charge in [0.25, 0.3) is 8.32 Å². The maximum absolute atomic E-state index is 12.3. The molecule has 2 aliphatic rings. The molecule has 1 N–H and O–H groups in total. The number of fused-ring (bicyclic) bond motifs is 1. The van der Waals surface area contributed by atoms with Crippen LogP contribution in [0.15, 0.2) is 72.8 Å². The van der Waals surface area contributed by atoms with Crippen molar-refractivity contribution in [1.29, 1.82) is 0 Å². The lowest BCUT2D eigenvalue weighted by atomic mass is 10.0. The molecule has 0 bridgehead atoms. The minimum absolute atomic E-state index is 0.105. The van der Waals surface area contributed by atoms with E-state index in [1.54, 1.807) is 0 Å². The first-order valence-electron chi connectivity index (χ1n) is 11.0. The fraction of sp³-hybridized carbons (Fsp3) is 0.462. The molecule has 0 aliphatic heterocycles. The summed E-state index contributed by atoms with van der Waals surface area (Å²) in [7, 11) is -2.85. The summed E-state index contributed by atoms with van der Waals surface area (Å²) in [5.74, 6) is 2.75. The lowest BCUT2D eigenvalue weighted by Crippen LogP contribution is -2.65. The van der Waals surface area contributed by atoms with Gasteiger partial charge in [0.05, 0.1) is 0 Å². The highest BCUT2D eigenvalue weighted by Gasteiger charge is 2.53. The lowest BCUT2D eigenvalue weighted by molar-refractivity contribution is 0.436. The summed E-state index contributed by atoms with van der Waals surface area (Å²) in [6, 6.07) is 20.9. The standard InChI is InChI=1S/C26H34OSi/c1-26(2,20-19-25-23-17-11-3-4-12-18-24(23)25)28(27,21-13-7-5-8-14-21)22-15-9-6-10-16-22/h3-10,13-16,23-25,27H,11-12,17-20H2,1-2H3/b4-3-/t23-,24+,25?. The fourth-order valence-electron chi connectivity index (χ4n) is 5.64. The summed E-state index contributed by atoms with van der Waals surface area (Å²) in [6.07, 6.45) is 12.4. The summed E-state index contributed by atoms with van der Waals surface area (Å²) in [6.45, 7) is 4.62. The molecule has 0 spiro atoms. The molecule has 2 aromatic carbocycles. The molecule has 2 aliphatic carbocycles. The Hall–Kier alpha value is -1.64. The van der Waals surface area contributed by atoms with Crippen LogP contribution in [0.4, 0.5) is 0 Å². The second kappa shape index (κ2) is 8.00. The van der Waals surface area contributed by atoms with Gasteiger partial charge in [-0.1, -0.05) is 86.7 Å². The highest BCUT2D eigenvalue weighted by molar-refractivity contribution is 6.98. The Morgan fingerprint density at radius 3 is 1.75 bits per heavy atom. The van der Waals surface area contributed by atoms with Crippen LogP contribution in [0.3, 0.4) is 0 Å². The van der Waals surface area contributed by atoms with E-state index in [2.05, 4.69) is 74.5 Å². The number of rotatable bonds is 6. The predicted molar refractivity (Wildman–Crippen MR) is 121 cm³/mol. The molecule has 2 heteroatoms. The number of hydrogen-bond acceptors (Lipinski definition) is 1. The van der Waals surface area contributed by atoms with Crippen molar-refractivity contribution < 1.29 is 4.80 Å². The molecule has 0 saturated heterocycles. The molecule has 3 atom stereocenters. The van der Waals surface area contributed by atoms with E-state index in [4.69, 9.17) is 0 Å². The first-order chi connectivity index (χ1) is 13.5. The zero-order valence-electron chi connectivity index (χ0n) is 17.4. The maximum atomic E-state index is 12.3. The van der Waals surface area contributed by atoms with Crippen molar-refractivity contribution >= 4 is 18.7 Å². The normalized spacial score (nSPS) is 26.0. The van der Waals surface area contributed by atoms with Crippen LogP contribution in [0.5, 0.6) is 0 Å². The Balaban J connectivity index is 1.56. The largest absolute Gasteiger partial charge is 0.424 e. The quantitative estimate of drug-likeness (QED) is 0.525. The van der Waals surface area contributed by atoms with Gasteiger partial charge in [-0.2, -0.15) is 0 Å². The van der Waals surface area contributed by atoms with Crippen molar-refractivity contribution in [2.75, 3.05) is 0 Å². The van der Waals surface area contributed by atoms with Gasteiger partial charge < -0.3 is 4.80 Å². The van der Waals surface area contributed by atoms with E-state index in [0.29, 0.717) is 0 Å². The van der Waals surface area contributed by atoms with E-state index < -0.39 is 8.32 Å². The molecule has 1 nitrogen and oxygen atoms in total. The van der Waals surface area contributed by atoms with Crippen LogP contribution in [0.25, 0.3) is 0 Å². The second-order valence-electron chi connectivity index (χ2n) is 9.48. The molecule has 1 saturated carbocycles. The van der Waals surface area contributed by atoms with Crippen molar-refractivity contribution in [3.63, 3.8) is 0 Å². The van der Waals surface area contributed by atoms with Gasteiger partial charge in [0.1, 0.15) is 0 Å². The van der Waals surface area contributed by atoms with Gasteiger partial charge in [0.15, 0.2) is 0 Å². The summed E-state index contributed by atoms with van der Waals surface area (Å²) in [4.78, 5) is 12.3. The van der Waals surface area contributed by atoms with Crippen molar-refractivity contribution in [2.24, 2.45) is 17.8 Å². The van der Waals surface area contributed by atoms with Crippen LogP contribution in [0.2, 0.25) is 5.04 Å². The Morgan fingerprint density at radius 1 is 0.821 bits per heavy atom.